The fourth-order valence-electron chi connectivity index (χ4n) is 2.78. The van der Waals surface area contributed by atoms with Crippen molar-refractivity contribution < 1.29 is 9.53 Å². The van der Waals surface area contributed by atoms with Crippen LogP contribution in [0, 0.1) is 13.8 Å². The number of aromatic nitrogens is 1. The summed E-state index contributed by atoms with van der Waals surface area (Å²) >= 11 is 0. The van der Waals surface area contributed by atoms with Gasteiger partial charge in [0.05, 0.1) is 12.7 Å². The second kappa shape index (κ2) is 10.1. The first-order chi connectivity index (χ1) is 11.6. The van der Waals surface area contributed by atoms with Gasteiger partial charge in [-0.05, 0) is 57.1 Å². The molecule has 25 heavy (non-hydrogen) atoms. The topological polar surface area (TPSA) is 55.3 Å². The number of carbonyl (C=O) groups is 1. The van der Waals surface area contributed by atoms with Crippen LogP contribution in [0.5, 0.6) is 5.75 Å². The highest BCUT2D eigenvalue weighted by atomic mass is 35.5. The lowest BCUT2D eigenvalue weighted by atomic mass is 10.2. The summed E-state index contributed by atoms with van der Waals surface area (Å²) in [7, 11) is 1.65. The zero-order valence-electron chi connectivity index (χ0n) is 15.4. The molecule has 1 aromatic heterocycles. The number of halogens is 1. The summed E-state index contributed by atoms with van der Waals surface area (Å²) in [4.78, 5) is 12.4. The first-order valence-electron chi connectivity index (χ1n) is 8.40. The number of nitrogens with zero attached hydrogens (tertiary/aromatic N) is 1. The minimum atomic E-state index is -0.0267. The van der Waals surface area contributed by atoms with Gasteiger partial charge in [-0.15, -0.1) is 12.4 Å². The Labute approximate surface area is 156 Å². The van der Waals surface area contributed by atoms with E-state index in [1.54, 1.807) is 7.11 Å². The molecule has 138 valence electrons. The molecule has 0 atom stereocenters. The molecule has 0 aliphatic rings. The van der Waals surface area contributed by atoms with Gasteiger partial charge in [0, 0.05) is 30.2 Å². The molecule has 0 saturated carbocycles. The van der Waals surface area contributed by atoms with Crippen LogP contribution in [0.1, 0.15) is 35.1 Å². The molecule has 5 nitrogen and oxygen atoms in total. The number of methoxy groups -OCH3 is 1. The standard InChI is InChI=1S/C19H27N3O2.ClH/c1-5-10-20-11-12-21-19(23)18-13-14(2)22(15(18)3)16-6-8-17(24-4)9-7-16;/h6-9,13,20H,5,10-12H2,1-4H3,(H,21,23);1H. The average molecular weight is 366 g/mol. The largest absolute Gasteiger partial charge is 0.497 e. The number of carbonyl (C=O) groups excluding carboxylic acids is 1. The molecule has 1 heterocycles. The number of benzene rings is 1. The molecule has 1 amide bonds. The maximum absolute atomic E-state index is 12.4. The summed E-state index contributed by atoms with van der Waals surface area (Å²) in [5.74, 6) is 0.792. The van der Waals surface area contributed by atoms with Crippen molar-refractivity contribution in [1.82, 2.24) is 15.2 Å². The lowest BCUT2D eigenvalue weighted by Crippen LogP contribution is -2.32. The van der Waals surface area contributed by atoms with E-state index >= 15 is 0 Å². The molecule has 0 aliphatic carbocycles. The second-order valence-electron chi connectivity index (χ2n) is 5.82. The average Bonchev–Trinajstić information content (AvgIpc) is 2.89. The number of aryl methyl sites for hydroxylation is 1. The number of hydrogen-bond donors (Lipinski definition) is 2. The third kappa shape index (κ3) is 5.25. The quantitative estimate of drug-likeness (QED) is 0.706. The van der Waals surface area contributed by atoms with Gasteiger partial charge in [0.1, 0.15) is 5.75 Å². The van der Waals surface area contributed by atoms with Crippen LogP contribution in [0.3, 0.4) is 0 Å². The molecule has 0 unspecified atom stereocenters. The number of ether oxygens (including phenoxy) is 1. The Kier molecular flexibility index (Phi) is 8.52. The van der Waals surface area contributed by atoms with Crippen LogP contribution in [0.4, 0.5) is 0 Å². The molecule has 2 N–H and O–H groups in total. The Morgan fingerprint density at radius 3 is 2.40 bits per heavy atom. The minimum Gasteiger partial charge on any atom is -0.497 e. The Bertz CT molecular complexity index is 681. The molecule has 2 aromatic rings. The molecular weight excluding hydrogens is 338 g/mol. The summed E-state index contributed by atoms with van der Waals surface area (Å²) in [6, 6.07) is 9.78. The van der Waals surface area contributed by atoms with Crippen molar-refractivity contribution in [3.8, 4) is 11.4 Å². The monoisotopic (exact) mass is 365 g/mol. The molecule has 6 heteroatoms. The van der Waals surface area contributed by atoms with E-state index in [2.05, 4.69) is 22.1 Å². The minimum absolute atomic E-state index is 0. The van der Waals surface area contributed by atoms with Gasteiger partial charge in [-0.2, -0.15) is 0 Å². The van der Waals surface area contributed by atoms with Crippen LogP contribution in [0.25, 0.3) is 5.69 Å². The van der Waals surface area contributed by atoms with E-state index in [0.717, 1.165) is 47.9 Å². The van der Waals surface area contributed by atoms with Gasteiger partial charge >= 0.3 is 0 Å². The van der Waals surface area contributed by atoms with E-state index in [1.807, 2.05) is 44.2 Å². The van der Waals surface area contributed by atoms with Gasteiger partial charge in [-0.1, -0.05) is 6.92 Å². The third-order valence-corrected chi connectivity index (χ3v) is 4.02. The first-order valence-corrected chi connectivity index (χ1v) is 8.40. The van der Waals surface area contributed by atoms with E-state index in [1.165, 1.54) is 0 Å². The summed E-state index contributed by atoms with van der Waals surface area (Å²) in [6.45, 7) is 8.50. The smallest absolute Gasteiger partial charge is 0.253 e. The number of amides is 1. The highest BCUT2D eigenvalue weighted by molar-refractivity contribution is 5.95. The van der Waals surface area contributed by atoms with Gasteiger partial charge in [0.2, 0.25) is 0 Å². The van der Waals surface area contributed by atoms with Gasteiger partial charge in [0.15, 0.2) is 0 Å². The molecule has 0 aliphatic heterocycles. The lowest BCUT2D eigenvalue weighted by molar-refractivity contribution is 0.0953. The summed E-state index contributed by atoms with van der Waals surface area (Å²) in [5.41, 5.74) is 3.72. The van der Waals surface area contributed by atoms with Crippen molar-refractivity contribution in [2.24, 2.45) is 0 Å². The van der Waals surface area contributed by atoms with Crippen molar-refractivity contribution in [2.75, 3.05) is 26.7 Å². The lowest BCUT2D eigenvalue weighted by Gasteiger charge is -2.11. The van der Waals surface area contributed by atoms with Crippen LogP contribution < -0.4 is 15.4 Å². The van der Waals surface area contributed by atoms with E-state index in [9.17, 15) is 4.79 Å². The van der Waals surface area contributed by atoms with Gasteiger partial charge in [-0.25, -0.2) is 0 Å². The van der Waals surface area contributed by atoms with Gasteiger partial charge in [0.25, 0.3) is 5.91 Å². The van der Waals surface area contributed by atoms with Crippen molar-refractivity contribution in [2.45, 2.75) is 27.2 Å². The fraction of sp³-hybridized carbons (Fsp3) is 0.421. The van der Waals surface area contributed by atoms with Crippen molar-refractivity contribution >= 4 is 18.3 Å². The normalized spacial score (nSPS) is 10.2. The molecule has 1 aromatic carbocycles. The predicted molar refractivity (Wildman–Crippen MR) is 105 cm³/mol. The number of rotatable bonds is 8. The van der Waals surface area contributed by atoms with Crippen molar-refractivity contribution in [3.63, 3.8) is 0 Å². The van der Waals surface area contributed by atoms with Crippen molar-refractivity contribution in [1.29, 1.82) is 0 Å². The van der Waals surface area contributed by atoms with E-state index in [0.29, 0.717) is 6.54 Å². The van der Waals surface area contributed by atoms with Crippen LogP contribution in [-0.2, 0) is 0 Å². The van der Waals surface area contributed by atoms with Crippen LogP contribution >= 0.6 is 12.4 Å². The first kappa shape index (κ1) is 21.1. The molecule has 0 bridgehead atoms. The maximum atomic E-state index is 12.4. The second-order valence-corrected chi connectivity index (χ2v) is 5.82. The molecule has 0 radical (unpaired) electrons. The zero-order chi connectivity index (χ0) is 17.5. The van der Waals surface area contributed by atoms with Crippen LogP contribution in [0.2, 0.25) is 0 Å². The van der Waals surface area contributed by atoms with Crippen LogP contribution in [-0.4, -0.2) is 37.2 Å². The van der Waals surface area contributed by atoms with Crippen LogP contribution in [0.15, 0.2) is 30.3 Å². The highest BCUT2D eigenvalue weighted by Gasteiger charge is 2.16. The molecular formula is C19H28ClN3O2. The van der Waals surface area contributed by atoms with Gasteiger partial charge < -0.3 is 19.9 Å². The maximum Gasteiger partial charge on any atom is 0.253 e. The molecule has 0 fully saturated rings. The number of nitrogens with one attached hydrogen (secondary N) is 2. The van der Waals surface area contributed by atoms with E-state index in [-0.39, 0.29) is 18.3 Å². The van der Waals surface area contributed by atoms with E-state index in [4.69, 9.17) is 4.74 Å². The summed E-state index contributed by atoms with van der Waals surface area (Å²) in [5, 5.41) is 6.25. The summed E-state index contributed by atoms with van der Waals surface area (Å²) in [6.07, 6.45) is 1.09. The fourth-order valence-corrected chi connectivity index (χ4v) is 2.78. The van der Waals surface area contributed by atoms with Crippen molar-refractivity contribution in [3.05, 3.63) is 47.3 Å². The van der Waals surface area contributed by atoms with E-state index < -0.39 is 0 Å². The Hall–Kier alpha value is -1.98. The molecule has 0 saturated heterocycles. The zero-order valence-corrected chi connectivity index (χ0v) is 16.2. The highest BCUT2D eigenvalue weighted by Crippen LogP contribution is 2.22. The van der Waals surface area contributed by atoms with Gasteiger partial charge in [-0.3, -0.25) is 4.79 Å². The number of hydrogen-bond acceptors (Lipinski definition) is 3. The predicted octanol–water partition coefficient (Wildman–Crippen LogP) is 3.25. The molecule has 2 rings (SSSR count). The SMILES string of the molecule is CCCNCCNC(=O)c1cc(C)n(-c2ccc(OC)cc2)c1C.Cl. The Morgan fingerprint density at radius 2 is 1.80 bits per heavy atom. The summed E-state index contributed by atoms with van der Waals surface area (Å²) < 4.78 is 7.29. The Morgan fingerprint density at radius 1 is 1.12 bits per heavy atom. The third-order valence-electron chi connectivity index (χ3n) is 4.02. The molecule has 0 spiro atoms. The Balaban J connectivity index is 0.00000312.